The number of rotatable bonds is 4. The van der Waals surface area contributed by atoms with Crippen LogP contribution >= 0.6 is 12.6 Å². The first kappa shape index (κ1) is 7.53. The van der Waals surface area contributed by atoms with Crippen LogP contribution in [0.5, 0.6) is 0 Å². The third-order valence-corrected chi connectivity index (χ3v) is 1.74. The van der Waals surface area contributed by atoms with E-state index >= 15 is 0 Å². The standard InChI is InChI=1S/C4H10OSSi/c1-5-7-4-2-3-6/h6H,2-4H2,1H3. The zero-order chi connectivity index (χ0) is 5.54. The van der Waals surface area contributed by atoms with Crippen molar-refractivity contribution in [1.29, 1.82) is 0 Å². The van der Waals surface area contributed by atoms with Crippen molar-refractivity contribution < 1.29 is 4.43 Å². The van der Waals surface area contributed by atoms with E-state index in [1.54, 1.807) is 7.11 Å². The molecule has 0 saturated heterocycles. The summed E-state index contributed by atoms with van der Waals surface area (Å²) in [7, 11) is 2.41. The Labute approximate surface area is 52.8 Å². The lowest BCUT2D eigenvalue weighted by atomic mass is 10.6. The van der Waals surface area contributed by atoms with Crippen LogP contribution in [0.15, 0.2) is 0 Å². The molecule has 0 unspecified atom stereocenters. The normalized spacial score (nSPS) is 9.43. The summed E-state index contributed by atoms with van der Waals surface area (Å²) < 4.78 is 4.84. The van der Waals surface area contributed by atoms with Gasteiger partial charge in [-0.05, 0) is 18.2 Å². The lowest BCUT2D eigenvalue weighted by Crippen LogP contribution is -1.91. The van der Waals surface area contributed by atoms with Gasteiger partial charge >= 0.3 is 0 Å². The van der Waals surface area contributed by atoms with Gasteiger partial charge in [-0.15, -0.1) is 0 Å². The molecular weight excluding hydrogens is 124 g/mol. The molecule has 0 amide bonds. The van der Waals surface area contributed by atoms with Crippen molar-refractivity contribution in [2.45, 2.75) is 12.5 Å². The molecule has 0 aliphatic rings. The van der Waals surface area contributed by atoms with Crippen LogP contribution in [0.1, 0.15) is 6.42 Å². The lowest BCUT2D eigenvalue weighted by molar-refractivity contribution is 0.440. The largest absolute Gasteiger partial charge is 0.421 e. The monoisotopic (exact) mass is 134 g/mol. The summed E-state index contributed by atoms with van der Waals surface area (Å²) in [6.07, 6.45) is 1.18. The minimum atomic E-state index is 0.673. The van der Waals surface area contributed by atoms with E-state index in [0.29, 0.717) is 9.76 Å². The SMILES string of the molecule is CO[Si]CCCS. The minimum Gasteiger partial charge on any atom is -0.421 e. The fraction of sp³-hybridized carbons (Fsp3) is 1.00. The van der Waals surface area contributed by atoms with E-state index in [1.807, 2.05) is 0 Å². The van der Waals surface area contributed by atoms with E-state index in [-0.39, 0.29) is 0 Å². The van der Waals surface area contributed by atoms with Gasteiger partial charge in [-0.2, -0.15) is 12.6 Å². The van der Waals surface area contributed by atoms with Gasteiger partial charge in [-0.3, -0.25) is 0 Å². The zero-order valence-corrected chi connectivity index (χ0v) is 6.37. The molecule has 0 aliphatic carbocycles. The number of hydrogen-bond donors (Lipinski definition) is 1. The molecule has 0 N–H and O–H groups in total. The van der Waals surface area contributed by atoms with E-state index in [4.69, 9.17) is 4.43 Å². The van der Waals surface area contributed by atoms with Gasteiger partial charge in [0.1, 0.15) is 0 Å². The van der Waals surface area contributed by atoms with E-state index in [0.717, 1.165) is 5.75 Å². The number of hydrogen-bond acceptors (Lipinski definition) is 2. The van der Waals surface area contributed by atoms with Gasteiger partial charge in [-0.1, -0.05) is 0 Å². The fourth-order valence-electron chi connectivity index (χ4n) is 0.253. The van der Waals surface area contributed by atoms with Crippen molar-refractivity contribution in [3.8, 4) is 0 Å². The third kappa shape index (κ3) is 6.53. The molecule has 0 atom stereocenters. The average molecular weight is 134 g/mol. The Balaban J connectivity index is 2.45. The minimum absolute atomic E-state index is 0.673. The van der Waals surface area contributed by atoms with Crippen LogP contribution in [0.4, 0.5) is 0 Å². The van der Waals surface area contributed by atoms with Gasteiger partial charge < -0.3 is 4.43 Å². The molecule has 0 spiro atoms. The second kappa shape index (κ2) is 6.53. The summed E-state index contributed by atoms with van der Waals surface area (Å²) in [6, 6.07) is 1.17. The average Bonchev–Trinajstić information content (AvgIpc) is 1.69. The molecule has 0 aromatic heterocycles. The van der Waals surface area contributed by atoms with Crippen LogP contribution in [0.2, 0.25) is 6.04 Å². The van der Waals surface area contributed by atoms with Gasteiger partial charge in [0, 0.05) is 7.11 Å². The molecule has 1 nitrogen and oxygen atoms in total. The predicted molar refractivity (Wildman–Crippen MR) is 36.0 cm³/mol. The molecule has 0 saturated carbocycles. The molecule has 3 heteroatoms. The summed E-state index contributed by atoms with van der Waals surface area (Å²) in [5, 5.41) is 0. The van der Waals surface area contributed by atoms with E-state index in [9.17, 15) is 0 Å². The molecule has 0 aromatic rings. The second-order valence-corrected chi connectivity index (χ2v) is 2.82. The summed E-state index contributed by atoms with van der Waals surface area (Å²) in [5.41, 5.74) is 0. The maximum Gasteiger partial charge on any atom is 0.229 e. The first-order valence-corrected chi connectivity index (χ1v) is 4.03. The van der Waals surface area contributed by atoms with Crippen LogP contribution in [0, 0.1) is 0 Å². The molecule has 2 radical (unpaired) electrons. The van der Waals surface area contributed by atoms with Crippen LogP contribution in [-0.4, -0.2) is 22.6 Å². The highest BCUT2D eigenvalue weighted by Gasteiger charge is 1.84. The Morgan fingerprint density at radius 2 is 2.43 bits per heavy atom. The quantitative estimate of drug-likeness (QED) is 0.343. The van der Waals surface area contributed by atoms with Crippen LogP contribution < -0.4 is 0 Å². The van der Waals surface area contributed by atoms with Gasteiger partial charge in [0.15, 0.2) is 0 Å². The first-order valence-electron chi connectivity index (χ1n) is 2.28. The van der Waals surface area contributed by atoms with Gasteiger partial charge in [0.25, 0.3) is 0 Å². The van der Waals surface area contributed by atoms with E-state index in [1.165, 1.54) is 12.5 Å². The summed E-state index contributed by atoms with van der Waals surface area (Å²) in [4.78, 5) is 0. The molecule has 0 bridgehead atoms. The molecule has 7 heavy (non-hydrogen) atoms. The summed E-state index contributed by atoms with van der Waals surface area (Å²) >= 11 is 4.04. The number of thiol groups is 1. The zero-order valence-electron chi connectivity index (χ0n) is 4.48. The highest BCUT2D eigenvalue weighted by Crippen LogP contribution is 1.89. The Morgan fingerprint density at radius 1 is 1.71 bits per heavy atom. The van der Waals surface area contributed by atoms with Crippen LogP contribution in [0.3, 0.4) is 0 Å². The fourth-order valence-corrected chi connectivity index (χ4v) is 1.23. The lowest BCUT2D eigenvalue weighted by Gasteiger charge is -1.89. The van der Waals surface area contributed by atoms with E-state index < -0.39 is 0 Å². The Bertz CT molecular complexity index is 30.9. The topological polar surface area (TPSA) is 9.23 Å². The Hall–Kier alpha value is 0.527. The highest BCUT2D eigenvalue weighted by atomic mass is 32.1. The third-order valence-electron chi connectivity index (χ3n) is 0.581. The molecular formula is C4H10OSSi. The smallest absolute Gasteiger partial charge is 0.229 e. The predicted octanol–water partition coefficient (Wildman–Crippen LogP) is 0.990. The molecule has 0 aliphatic heterocycles. The van der Waals surface area contributed by atoms with Gasteiger partial charge in [0.05, 0.1) is 0 Å². The van der Waals surface area contributed by atoms with Crippen molar-refractivity contribution in [2.75, 3.05) is 12.9 Å². The molecule has 0 heterocycles. The Morgan fingerprint density at radius 3 is 2.86 bits per heavy atom. The molecule has 0 aromatic carbocycles. The van der Waals surface area contributed by atoms with Crippen molar-refractivity contribution in [3.63, 3.8) is 0 Å². The van der Waals surface area contributed by atoms with Crippen molar-refractivity contribution >= 4 is 22.4 Å². The molecule has 0 rings (SSSR count). The summed E-state index contributed by atoms with van der Waals surface area (Å²) in [6.45, 7) is 0. The highest BCUT2D eigenvalue weighted by molar-refractivity contribution is 7.80. The van der Waals surface area contributed by atoms with E-state index in [2.05, 4.69) is 12.6 Å². The van der Waals surface area contributed by atoms with Crippen LogP contribution in [0.25, 0.3) is 0 Å². The van der Waals surface area contributed by atoms with Crippen molar-refractivity contribution in [3.05, 3.63) is 0 Å². The first-order chi connectivity index (χ1) is 3.41. The maximum atomic E-state index is 4.84. The van der Waals surface area contributed by atoms with Gasteiger partial charge in [-0.25, -0.2) is 0 Å². The molecule has 42 valence electrons. The Kier molecular flexibility index (Phi) is 7.02. The van der Waals surface area contributed by atoms with Crippen LogP contribution in [-0.2, 0) is 4.43 Å². The van der Waals surface area contributed by atoms with Crippen molar-refractivity contribution in [1.82, 2.24) is 0 Å². The van der Waals surface area contributed by atoms with Crippen molar-refractivity contribution in [2.24, 2.45) is 0 Å². The summed E-state index contributed by atoms with van der Waals surface area (Å²) in [5.74, 6) is 0.982. The second-order valence-electron chi connectivity index (χ2n) is 1.18. The maximum absolute atomic E-state index is 4.84. The van der Waals surface area contributed by atoms with Gasteiger partial charge in [0.2, 0.25) is 9.76 Å². The molecule has 0 fully saturated rings.